The lowest BCUT2D eigenvalue weighted by Crippen LogP contribution is -2.53. The SMILES string of the molecule is CCC(C)N1CCN(CC(C)(CO)c2ccccc2)CC1. The Kier molecular flexibility index (Phi) is 5.80. The molecule has 0 aliphatic carbocycles. The van der Waals surface area contributed by atoms with Crippen molar-refractivity contribution in [1.29, 1.82) is 0 Å². The van der Waals surface area contributed by atoms with Gasteiger partial charge >= 0.3 is 0 Å². The molecule has 1 aliphatic heterocycles. The van der Waals surface area contributed by atoms with Crippen molar-refractivity contribution >= 4 is 0 Å². The van der Waals surface area contributed by atoms with E-state index in [2.05, 4.69) is 54.8 Å². The van der Waals surface area contributed by atoms with Crippen LogP contribution in [0.25, 0.3) is 0 Å². The van der Waals surface area contributed by atoms with E-state index in [-0.39, 0.29) is 12.0 Å². The minimum absolute atomic E-state index is 0.167. The van der Waals surface area contributed by atoms with Crippen molar-refractivity contribution in [1.82, 2.24) is 9.80 Å². The van der Waals surface area contributed by atoms with Crippen LogP contribution in [0.5, 0.6) is 0 Å². The summed E-state index contributed by atoms with van der Waals surface area (Å²) in [5.74, 6) is 0. The molecule has 1 fully saturated rings. The fourth-order valence-electron chi connectivity index (χ4n) is 3.19. The third-order valence-electron chi connectivity index (χ3n) is 5.01. The summed E-state index contributed by atoms with van der Waals surface area (Å²) < 4.78 is 0. The average Bonchev–Trinajstić information content (AvgIpc) is 2.55. The largest absolute Gasteiger partial charge is 0.395 e. The minimum atomic E-state index is -0.167. The van der Waals surface area contributed by atoms with Crippen molar-refractivity contribution in [3.8, 4) is 0 Å². The summed E-state index contributed by atoms with van der Waals surface area (Å²) in [6, 6.07) is 11.1. The van der Waals surface area contributed by atoms with Gasteiger partial charge in [-0.15, -0.1) is 0 Å². The fourth-order valence-corrected chi connectivity index (χ4v) is 3.19. The molecule has 3 nitrogen and oxygen atoms in total. The number of aliphatic hydroxyl groups is 1. The zero-order valence-corrected chi connectivity index (χ0v) is 13.8. The normalized spacial score (nSPS) is 21.9. The van der Waals surface area contributed by atoms with Gasteiger partial charge in [-0.05, 0) is 18.9 Å². The standard InChI is InChI=1S/C18H30N2O/c1-4-16(2)20-12-10-19(11-13-20)14-18(3,15-21)17-8-6-5-7-9-17/h5-9,16,21H,4,10-15H2,1-3H3. The Labute approximate surface area is 129 Å². The van der Waals surface area contributed by atoms with Gasteiger partial charge in [-0.1, -0.05) is 44.2 Å². The Morgan fingerprint density at radius 2 is 1.76 bits per heavy atom. The molecule has 0 spiro atoms. The van der Waals surface area contributed by atoms with Crippen LogP contribution < -0.4 is 0 Å². The van der Waals surface area contributed by atoms with Crippen molar-refractivity contribution in [2.24, 2.45) is 0 Å². The molecule has 21 heavy (non-hydrogen) atoms. The van der Waals surface area contributed by atoms with Gasteiger partial charge in [0.05, 0.1) is 6.61 Å². The fraction of sp³-hybridized carbons (Fsp3) is 0.667. The highest BCUT2D eigenvalue weighted by Crippen LogP contribution is 2.25. The van der Waals surface area contributed by atoms with Crippen molar-refractivity contribution in [2.75, 3.05) is 39.3 Å². The Balaban J connectivity index is 1.95. The Morgan fingerprint density at radius 1 is 1.14 bits per heavy atom. The van der Waals surface area contributed by atoms with Gasteiger partial charge < -0.3 is 5.11 Å². The van der Waals surface area contributed by atoms with Gasteiger partial charge in [0.15, 0.2) is 0 Å². The summed E-state index contributed by atoms with van der Waals surface area (Å²) in [4.78, 5) is 5.08. The van der Waals surface area contributed by atoms with Gasteiger partial charge in [0.2, 0.25) is 0 Å². The highest BCUT2D eigenvalue weighted by atomic mass is 16.3. The maximum Gasteiger partial charge on any atom is 0.0537 e. The van der Waals surface area contributed by atoms with E-state index in [1.807, 2.05) is 6.07 Å². The molecule has 0 radical (unpaired) electrons. The number of piperazine rings is 1. The van der Waals surface area contributed by atoms with Crippen LogP contribution in [0.15, 0.2) is 30.3 Å². The maximum atomic E-state index is 9.91. The lowest BCUT2D eigenvalue weighted by molar-refractivity contribution is 0.0723. The van der Waals surface area contributed by atoms with E-state index in [1.165, 1.54) is 12.0 Å². The van der Waals surface area contributed by atoms with Crippen molar-refractivity contribution in [3.63, 3.8) is 0 Å². The number of nitrogens with zero attached hydrogens (tertiary/aromatic N) is 2. The Bertz CT molecular complexity index is 414. The molecule has 1 N–H and O–H groups in total. The lowest BCUT2D eigenvalue weighted by Gasteiger charge is -2.41. The molecule has 0 saturated carbocycles. The third-order valence-corrected chi connectivity index (χ3v) is 5.01. The first-order valence-corrected chi connectivity index (χ1v) is 8.22. The summed E-state index contributed by atoms with van der Waals surface area (Å²) in [6.45, 7) is 12.4. The molecule has 1 aromatic rings. The molecule has 2 rings (SSSR count). The summed E-state index contributed by atoms with van der Waals surface area (Å²) in [6.07, 6.45) is 1.22. The van der Waals surface area contributed by atoms with Crippen molar-refractivity contribution in [2.45, 2.75) is 38.6 Å². The topological polar surface area (TPSA) is 26.7 Å². The highest BCUT2D eigenvalue weighted by molar-refractivity contribution is 5.25. The lowest BCUT2D eigenvalue weighted by atomic mass is 9.82. The molecule has 2 atom stereocenters. The van der Waals surface area contributed by atoms with Crippen LogP contribution in [0.1, 0.15) is 32.8 Å². The minimum Gasteiger partial charge on any atom is -0.395 e. The van der Waals surface area contributed by atoms with Crippen molar-refractivity contribution in [3.05, 3.63) is 35.9 Å². The molecule has 3 heteroatoms. The molecule has 0 aromatic heterocycles. The van der Waals surface area contributed by atoms with Crippen LogP contribution in [0.2, 0.25) is 0 Å². The maximum absolute atomic E-state index is 9.91. The van der Waals surface area contributed by atoms with Gasteiger partial charge in [-0.2, -0.15) is 0 Å². The van der Waals surface area contributed by atoms with E-state index in [0.717, 1.165) is 32.7 Å². The van der Waals surface area contributed by atoms with Gasteiger partial charge in [-0.3, -0.25) is 9.80 Å². The molecule has 1 aromatic carbocycles. The van der Waals surface area contributed by atoms with E-state index >= 15 is 0 Å². The highest BCUT2D eigenvalue weighted by Gasteiger charge is 2.30. The van der Waals surface area contributed by atoms with Gasteiger partial charge in [0, 0.05) is 44.2 Å². The molecule has 0 amide bonds. The van der Waals surface area contributed by atoms with Crippen LogP contribution in [0.4, 0.5) is 0 Å². The first kappa shape index (κ1) is 16.5. The monoisotopic (exact) mass is 290 g/mol. The van der Waals surface area contributed by atoms with Crippen LogP contribution in [0.3, 0.4) is 0 Å². The van der Waals surface area contributed by atoms with E-state index in [1.54, 1.807) is 0 Å². The summed E-state index contributed by atoms with van der Waals surface area (Å²) in [7, 11) is 0. The zero-order chi connectivity index (χ0) is 15.3. The molecule has 118 valence electrons. The molecule has 1 aliphatic rings. The second kappa shape index (κ2) is 7.39. The molecule has 1 saturated heterocycles. The zero-order valence-electron chi connectivity index (χ0n) is 13.8. The van der Waals surface area contributed by atoms with E-state index < -0.39 is 0 Å². The van der Waals surface area contributed by atoms with Gasteiger partial charge in [0.1, 0.15) is 0 Å². The summed E-state index contributed by atoms with van der Waals surface area (Å²) in [5, 5.41) is 9.91. The van der Waals surface area contributed by atoms with E-state index in [9.17, 15) is 5.11 Å². The number of benzene rings is 1. The summed E-state index contributed by atoms with van der Waals surface area (Å²) >= 11 is 0. The first-order chi connectivity index (χ1) is 10.1. The second-order valence-electron chi connectivity index (χ2n) is 6.65. The predicted octanol–water partition coefficient (Wildman–Crippen LogP) is 2.35. The molecule has 0 bridgehead atoms. The van der Waals surface area contributed by atoms with Gasteiger partial charge in [-0.25, -0.2) is 0 Å². The van der Waals surface area contributed by atoms with Gasteiger partial charge in [0.25, 0.3) is 0 Å². The van der Waals surface area contributed by atoms with Crippen LogP contribution >= 0.6 is 0 Å². The molecular weight excluding hydrogens is 260 g/mol. The Morgan fingerprint density at radius 3 is 2.29 bits per heavy atom. The molecular formula is C18H30N2O. The quantitative estimate of drug-likeness (QED) is 0.871. The average molecular weight is 290 g/mol. The third kappa shape index (κ3) is 4.06. The van der Waals surface area contributed by atoms with Crippen molar-refractivity contribution < 1.29 is 5.11 Å². The van der Waals surface area contributed by atoms with Crippen LogP contribution in [-0.4, -0.2) is 60.3 Å². The van der Waals surface area contributed by atoms with E-state index in [0.29, 0.717) is 6.04 Å². The number of hydrogen-bond donors (Lipinski definition) is 1. The number of hydrogen-bond acceptors (Lipinski definition) is 3. The summed E-state index contributed by atoms with van der Waals surface area (Å²) in [5.41, 5.74) is 1.07. The smallest absolute Gasteiger partial charge is 0.0537 e. The molecule has 2 unspecified atom stereocenters. The van der Waals surface area contributed by atoms with Crippen LogP contribution in [0, 0.1) is 0 Å². The van der Waals surface area contributed by atoms with Crippen LogP contribution in [-0.2, 0) is 5.41 Å². The predicted molar refractivity (Wildman–Crippen MR) is 88.6 cm³/mol. The first-order valence-electron chi connectivity index (χ1n) is 8.22. The second-order valence-corrected chi connectivity index (χ2v) is 6.65. The number of rotatable bonds is 6. The Hall–Kier alpha value is -0.900. The number of aliphatic hydroxyl groups excluding tert-OH is 1. The van der Waals surface area contributed by atoms with E-state index in [4.69, 9.17) is 0 Å². The molecule has 1 heterocycles.